The molecule has 0 unspecified atom stereocenters. The Morgan fingerprint density at radius 2 is 1.58 bits per heavy atom. The Morgan fingerprint density at radius 1 is 1.08 bits per heavy atom. The van der Waals surface area contributed by atoms with Crippen LogP contribution in [0, 0.1) is 37.3 Å². The number of nitro groups is 3. The number of aromatic nitrogens is 1. The molecule has 2 aromatic rings. The number of aryl methyl sites for hydroxylation is 1. The molecule has 1 aromatic carbocycles. The minimum absolute atomic E-state index is 0.447. The first-order valence-electron chi connectivity index (χ1n) is 6.50. The predicted octanol–water partition coefficient (Wildman–Crippen LogP) is 0.925. The third-order valence-electron chi connectivity index (χ3n) is 2.91. The van der Waals surface area contributed by atoms with Crippen LogP contribution in [0.25, 0.3) is 0 Å². The monoisotopic (exact) mass is 368 g/mol. The van der Waals surface area contributed by atoms with Crippen LogP contribution in [-0.4, -0.2) is 29.8 Å². The van der Waals surface area contributed by atoms with Crippen LogP contribution in [0.15, 0.2) is 35.7 Å². The van der Waals surface area contributed by atoms with Gasteiger partial charge in [-0.05, 0) is 18.6 Å². The quantitative estimate of drug-likeness (QED) is 0.303. The van der Waals surface area contributed by atoms with Crippen LogP contribution in [-0.2, 0) is 0 Å². The molecular formula is C12H12N6O8. The van der Waals surface area contributed by atoms with Crippen molar-refractivity contribution in [3.63, 3.8) is 0 Å². The second kappa shape index (κ2) is 8.04. The summed E-state index contributed by atoms with van der Waals surface area (Å²) in [6.45, 7) is 1.82. The Bertz CT molecular complexity index is 903. The number of aromatic hydroxyl groups is 1. The van der Waals surface area contributed by atoms with E-state index in [2.05, 4.69) is 5.10 Å². The van der Waals surface area contributed by atoms with E-state index in [0.29, 0.717) is 17.5 Å². The lowest BCUT2D eigenvalue weighted by Crippen LogP contribution is -2.11. The third-order valence-corrected chi connectivity index (χ3v) is 2.91. The zero-order chi connectivity index (χ0) is 20.0. The molecule has 1 heterocycles. The summed E-state index contributed by atoms with van der Waals surface area (Å²) < 4.78 is 0.962. The minimum Gasteiger partial charge on any atom is -0.497 e. The van der Waals surface area contributed by atoms with Crippen molar-refractivity contribution in [3.8, 4) is 5.75 Å². The topological polar surface area (TPSA) is 213 Å². The summed E-state index contributed by atoms with van der Waals surface area (Å²) in [4.78, 5) is 27.8. The Morgan fingerprint density at radius 3 is 1.92 bits per heavy atom. The van der Waals surface area contributed by atoms with Gasteiger partial charge in [-0.15, -0.1) is 0 Å². The van der Waals surface area contributed by atoms with Crippen LogP contribution in [0.2, 0.25) is 0 Å². The standard InChI is InChI=1S/C6H3N3O7.C6H9N3O/c10-6-4(8(13)14)1-3(7(11)12)2-5(6)9(15)16;1-5-4-9(10)3-2-6(5)8-7/h1-2,10H;2-4,10H,7H2,1H3/b;8-6-. The first-order chi connectivity index (χ1) is 12.1. The molecule has 0 saturated heterocycles. The van der Waals surface area contributed by atoms with E-state index < -0.39 is 37.6 Å². The number of non-ortho nitro benzene ring substituents is 1. The molecule has 1 aromatic heterocycles. The zero-order valence-corrected chi connectivity index (χ0v) is 13.0. The first-order valence-corrected chi connectivity index (χ1v) is 6.50. The van der Waals surface area contributed by atoms with Gasteiger partial charge in [0, 0.05) is 12.4 Å². The highest BCUT2D eigenvalue weighted by Crippen LogP contribution is 2.38. The Kier molecular flexibility index (Phi) is 6.13. The smallest absolute Gasteiger partial charge is 0.324 e. The van der Waals surface area contributed by atoms with Crippen LogP contribution in [0.4, 0.5) is 17.1 Å². The summed E-state index contributed by atoms with van der Waals surface area (Å²) in [6, 6.07) is 2.53. The van der Waals surface area contributed by atoms with Crippen LogP contribution < -0.4 is 11.2 Å². The van der Waals surface area contributed by atoms with E-state index in [1.807, 2.05) is 6.92 Å². The lowest BCUT2D eigenvalue weighted by molar-refractivity contribution is -0.404. The maximum absolute atomic E-state index is 10.4. The average molecular weight is 368 g/mol. The summed E-state index contributed by atoms with van der Waals surface area (Å²) in [5.41, 5.74) is -2.16. The summed E-state index contributed by atoms with van der Waals surface area (Å²) in [6.07, 6.45) is 3.00. The number of phenols is 1. The van der Waals surface area contributed by atoms with E-state index in [9.17, 15) is 30.3 Å². The van der Waals surface area contributed by atoms with Gasteiger partial charge >= 0.3 is 11.4 Å². The fraction of sp³-hybridized carbons (Fsp3) is 0.0833. The van der Waals surface area contributed by atoms with Crippen molar-refractivity contribution >= 4 is 17.1 Å². The molecule has 0 atom stereocenters. The van der Waals surface area contributed by atoms with Gasteiger partial charge in [-0.2, -0.15) is 5.10 Å². The molecule has 0 bridgehead atoms. The van der Waals surface area contributed by atoms with E-state index in [1.54, 1.807) is 6.07 Å². The normalized spacial score (nSPS) is 10.6. The molecule has 0 amide bonds. The van der Waals surface area contributed by atoms with Gasteiger partial charge in [0.05, 0.1) is 32.3 Å². The number of benzene rings is 1. The Labute approximate surface area is 143 Å². The molecule has 0 radical (unpaired) electrons. The number of rotatable bonds is 3. The zero-order valence-electron chi connectivity index (χ0n) is 13.0. The SMILES string of the molecule is Cc1cn(O)cc/c1=N/N.O=[N+]([O-])c1cc([N+](=O)[O-])c(O)c([N+](=O)[O-])c1. The predicted molar refractivity (Wildman–Crippen MR) is 84.2 cm³/mol. The van der Waals surface area contributed by atoms with Crippen molar-refractivity contribution in [1.29, 1.82) is 0 Å². The maximum Gasteiger partial charge on any atom is 0.324 e. The maximum atomic E-state index is 10.4. The number of hydrogen-bond acceptors (Lipinski definition) is 10. The fourth-order valence-corrected chi connectivity index (χ4v) is 1.70. The van der Waals surface area contributed by atoms with Gasteiger partial charge in [0.15, 0.2) is 0 Å². The van der Waals surface area contributed by atoms with Crippen molar-refractivity contribution in [2.75, 3.05) is 0 Å². The van der Waals surface area contributed by atoms with Gasteiger partial charge in [-0.3, -0.25) is 30.3 Å². The summed E-state index contributed by atoms with van der Waals surface area (Å²) in [7, 11) is 0. The van der Waals surface area contributed by atoms with Gasteiger partial charge in [0.1, 0.15) is 0 Å². The molecule has 0 spiro atoms. The molecule has 2 rings (SSSR count). The third kappa shape index (κ3) is 4.63. The van der Waals surface area contributed by atoms with Crippen molar-refractivity contribution in [2.45, 2.75) is 6.92 Å². The lowest BCUT2D eigenvalue weighted by Gasteiger charge is -1.97. The lowest BCUT2D eigenvalue weighted by atomic mass is 10.2. The fourth-order valence-electron chi connectivity index (χ4n) is 1.70. The van der Waals surface area contributed by atoms with E-state index in [1.165, 1.54) is 12.4 Å². The highest BCUT2D eigenvalue weighted by molar-refractivity contribution is 5.64. The number of phenolic OH excluding ortho intramolecular Hbond substituents is 1. The Balaban J connectivity index is 0.000000289. The molecular weight excluding hydrogens is 356 g/mol. The van der Waals surface area contributed by atoms with Gasteiger partial charge in [-0.1, -0.05) is 0 Å². The molecule has 26 heavy (non-hydrogen) atoms. The molecule has 0 fully saturated rings. The largest absolute Gasteiger partial charge is 0.497 e. The van der Waals surface area contributed by atoms with Crippen molar-refractivity contribution in [1.82, 2.24) is 4.73 Å². The highest BCUT2D eigenvalue weighted by atomic mass is 16.6. The van der Waals surface area contributed by atoms with Crippen LogP contribution in [0.1, 0.15) is 5.56 Å². The Hall–Kier alpha value is -4.23. The number of pyridine rings is 1. The molecule has 14 heteroatoms. The van der Waals surface area contributed by atoms with Crippen LogP contribution in [0.3, 0.4) is 0 Å². The summed E-state index contributed by atoms with van der Waals surface area (Å²) in [5, 5.41) is 53.3. The number of nitro benzene ring substituents is 3. The molecule has 0 saturated carbocycles. The molecule has 0 aliphatic rings. The van der Waals surface area contributed by atoms with E-state index >= 15 is 0 Å². The second-order valence-electron chi connectivity index (χ2n) is 4.63. The molecule has 0 aliphatic carbocycles. The summed E-state index contributed by atoms with van der Waals surface area (Å²) in [5.74, 6) is 3.83. The molecule has 0 aliphatic heterocycles. The van der Waals surface area contributed by atoms with E-state index in [-0.39, 0.29) is 0 Å². The van der Waals surface area contributed by atoms with Crippen molar-refractivity contribution < 1.29 is 25.1 Å². The average Bonchev–Trinajstić information content (AvgIpc) is 2.55. The minimum atomic E-state index is -1.21. The van der Waals surface area contributed by atoms with Crippen LogP contribution in [0.5, 0.6) is 5.75 Å². The van der Waals surface area contributed by atoms with Crippen LogP contribution >= 0.6 is 0 Å². The van der Waals surface area contributed by atoms with E-state index in [4.69, 9.17) is 16.2 Å². The van der Waals surface area contributed by atoms with Crippen molar-refractivity contribution in [3.05, 3.63) is 71.9 Å². The first kappa shape index (κ1) is 19.8. The molecule has 14 nitrogen and oxygen atoms in total. The van der Waals surface area contributed by atoms with Gasteiger partial charge < -0.3 is 16.2 Å². The summed E-state index contributed by atoms with van der Waals surface area (Å²) >= 11 is 0. The molecule has 4 N–H and O–H groups in total. The number of nitrogens with zero attached hydrogens (tertiary/aromatic N) is 5. The number of hydrogen-bond donors (Lipinski definition) is 3. The number of nitrogens with two attached hydrogens (primary N) is 1. The molecule has 138 valence electrons. The van der Waals surface area contributed by atoms with E-state index in [0.717, 1.165) is 10.3 Å². The second-order valence-corrected chi connectivity index (χ2v) is 4.63. The van der Waals surface area contributed by atoms with Gasteiger partial charge in [-0.25, -0.2) is 4.73 Å². The van der Waals surface area contributed by atoms with Gasteiger partial charge in [0.25, 0.3) is 11.4 Å². The van der Waals surface area contributed by atoms with Gasteiger partial charge in [0.2, 0.25) is 0 Å². The highest BCUT2D eigenvalue weighted by Gasteiger charge is 2.30. The van der Waals surface area contributed by atoms with Crippen molar-refractivity contribution in [2.24, 2.45) is 10.9 Å².